The summed E-state index contributed by atoms with van der Waals surface area (Å²) in [5, 5.41) is 5.13. The number of hydrogen-bond donors (Lipinski definition) is 1. The first-order valence-electron chi connectivity index (χ1n) is 9.83. The highest BCUT2D eigenvalue weighted by atomic mass is 16.3. The van der Waals surface area contributed by atoms with Crippen LogP contribution in [0.2, 0.25) is 0 Å². The molecule has 0 bridgehead atoms. The molecule has 0 saturated heterocycles. The van der Waals surface area contributed by atoms with Crippen LogP contribution in [0.25, 0.3) is 33.6 Å². The van der Waals surface area contributed by atoms with Gasteiger partial charge >= 0.3 is 0 Å². The number of benzene rings is 4. The van der Waals surface area contributed by atoms with Gasteiger partial charge in [0.05, 0.1) is 0 Å². The van der Waals surface area contributed by atoms with Crippen molar-refractivity contribution < 1.29 is 9.21 Å². The van der Waals surface area contributed by atoms with Crippen molar-refractivity contribution in [1.82, 2.24) is 0 Å². The Bertz CT molecular complexity index is 1370. The quantitative estimate of drug-likeness (QED) is 0.272. The number of fused-ring (bicyclic) bond motifs is 3. The smallest absolute Gasteiger partial charge is 0.256 e. The molecule has 3 heteroatoms. The van der Waals surface area contributed by atoms with Crippen molar-refractivity contribution in [3.05, 3.63) is 114 Å². The minimum Gasteiger partial charge on any atom is -0.456 e. The third-order valence-electron chi connectivity index (χ3n) is 5.08. The van der Waals surface area contributed by atoms with Crippen molar-refractivity contribution in [3.8, 4) is 0 Å². The minimum atomic E-state index is -0.166. The Balaban J connectivity index is 1.51. The molecule has 4 aromatic carbocycles. The monoisotopic (exact) mass is 389 g/mol. The molecule has 1 aromatic heterocycles. The van der Waals surface area contributed by atoms with Crippen LogP contribution >= 0.6 is 0 Å². The number of carbonyl (C=O) groups excluding carboxylic acids is 1. The van der Waals surface area contributed by atoms with Gasteiger partial charge in [0.1, 0.15) is 11.2 Å². The Morgan fingerprint density at radius 3 is 2.17 bits per heavy atom. The molecule has 5 rings (SSSR count). The number of nitrogens with one attached hydrogen (secondary N) is 1. The second-order valence-electron chi connectivity index (χ2n) is 7.10. The molecule has 0 aliphatic heterocycles. The lowest BCUT2D eigenvalue weighted by Crippen LogP contribution is -2.13. The summed E-state index contributed by atoms with van der Waals surface area (Å²) in [6, 6.07) is 33.2. The van der Waals surface area contributed by atoms with Gasteiger partial charge < -0.3 is 9.73 Å². The Morgan fingerprint density at radius 1 is 0.700 bits per heavy atom. The van der Waals surface area contributed by atoms with Crippen molar-refractivity contribution in [2.45, 2.75) is 0 Å². The number of para-hydroxylation sites is 1. The molecule has 0 fully saturated rings. The fourth-order valence-electron chi connectivity index (χ4n) is 3.62. The Morgan fingerprint density at radius 2 is 1.37 bits per heavy atom. The van der Waals surface area contributed by atoms with E-state index in [9.17, 15) is 4.79 Å². The third-order valence-corrected chi connectivity index (χ3v) is 5.08. The molecule has 0 saturated carbocycles. The molecule has 1 heterocycles. The number of carbonyl (C=O) groups is 1. The van der Waals surface area contributed by atoms with E-state index in [1.165, 1.54) is 0 Å². The van der Waals surface area contributed by atoms with E-state index in [2.05, 4.69) is 5.32 Å². The van der Waals surface area contributed by atoms with E-state index in [4.69, 9.17) is 4.42 Å². The van der Waals surface area contributed by atoms with Gasteiger partial charge in [0.15, 0.2) is 0 Å². The first-order valence-corrected chi connectivity index (χ1v) is 9.83. The van der Waals surface area contributed by atoms with Crippen molar-refractivity contribution in [1.29, 1.82) is 0 Å². The van der Waals surface area contributed by atoms with Crippen molar-refractivity contribution >= 4 is 45.2 Å². The second kappa shape index (κ2) is 7.72. The molecule has 0 unspecified atom stereocenters. The topological polar surface area (TPSA) is 42.2 Å². The van der Waals surface area contributed by atoms with E-state index in [1.54, 1.807) is 0 Å². The molecule has 144 valence electrons. The maximum Gasteiger partial charge on any atom is 0.256 e. The molecule has 0 aliphatic carbocycles. The predicted octanol–water partition coefficient (Wildman–Crippen LogP) is 6.77. The molecule has 3 nitrogen and oxygen atoms in total. The first-order chi connectivity index (χ1) is 14.8. The summed E-state index contributed by atoms with van der Waals surface area (Å²) >= 11 is 0. The van der Waals surface area contributed by atoms with Gasteiger partial charge in [-0.3, -0.25) is 4.79 Å². The fourth-order valence-corrected chi connectivity index (χ4v) is 3.62. The molecule has 0 aliphatic rings. The van der Waals surface area contributed by atoms with Crippen LogP contribution in [0.4, 0.5) is 5.69 Å². The molecule has 1 amide bonds. The average molecular weight is 389 g/mol. The molecule has 0 atom stereocenters. The largest absolute Gasteiger partial charge is 0.456 e. The Labute approximate surface area is 174 Å². The van der Waals surface area contributed by atoms with E-state index in [0.29, 0.717) is 11.3 Å². The summed E-state index contributed by atoms with van der Waals surface area (Å²) in [6.07, 6.45) is 1.91. The van der Waals surface area contributed by atoms with Crippen LogP contribution in [0, 0.1) is 0 Å². The second-order valence-corrected chi connectivity index (χ2v) is 7.10. The molecule has 5 aromatic rings. The third kappa shape index (κ3) is 3.49. The first kappa shape index (κ1) is 18.0. The maximum absolute atomic E-state index is 13.2. The van der Waals surface area contributed by atoms with Gasteiger partial charge in [0.2, 0.25) is 0 Å². The van der Waals surface area contributed by atoms with Crippen LogP contribution in [-0.2, 0) is 4.79 Å². The van der Waals surface area contributed by atoms with Crippen molar-refractivity contribution in [2.75, 3.05) is 5.32 Å². The van der Waals surface area contributed by atoms with Crippen LogP contribution in [-0.4, -0.2) is 5.91 Å². The lowest BCUT2D eigenvalue weighted by molar-refractivity contribution is -0.111. The van der Waals surface area contributed by atoms with Gasteiger partial charge in [-0.25, -0.2) is 0 Å². The van der Waals surface area contributed by atoms with E-state index >= 15 is 0 Å². The van der Waals surface area contributed by atoms with Crippen LogP contribution in [0.15, 0.2) is 108 Å². The minimum absolute atomic E-state index is 0.166. The van der Waals surface area contributed by atoms with Crippen molar-refractivity contribution in [3.63, 3.8) is 0 Å². The van der Waals surface area contributed by atoms with E-state index in [0.717, 1.165) is 33.1 Å². The lowest BCUT2D eigenvalue weighted by atomic mass is 10.0. The zero-order chi connectivity index (χ0) is 20.3. The van der Waals surface area contributed by atoms with Crippen LogP contribution in [0.5, 0.6) is 0 Å². The molecule has 1 N–H and O–H groups in total. The standard InChI is InChI=1S/C27H19NO2/c29-27(24(20-11-5-2-6-12-20)17-19-9-3-1-4-10-19)28-21-15-16-23-22-13-7-8-14-25(22)30-26(23)18-21/h1-18H,(H,28,29)/b24-17+. The summed E-state index contributed by atoms with van der Waals surface area (Å²) in [7, 11) is 0. The zero-order valence-corrected chi connectivity index (χ0v) is 16.2. The molecule has 30 heavy (non-hydrogen) atoms. The summed E-state index contributed by atoms with van der Waals surface area (Å²) < 4.78 is 5.95. The van der Waals surface area contributed by atoms with Gasteiger partial charge in [0, 0.05) is 28.1 Å². The highest BCUT2D eigenvalue weighted by Crippen LogP contribution is 2.31. The van der Waals surface area contributed by atoms with E-state index in [-0.39, 0.29) is 5.91 Å². The lowest BCUT2D eigenvalue weighted by Gasteiger charge is -2.10. The van der Waals surface area contributed by atoms with E-state index in [1.807, 2.05) is 109 Å². The van der Waals surface area contributed by atoms with Crippen molar-refractivity contribution in [2.24, 2.45) is 0 Å². The fraction of sp³-hybridized carbons (Fsp3) is 0. The molecular weight excluding hydrogens is 370 g/mol. The Hall–Kier alpha value is -4.11. The predicted molar refractivity (Wildman–Crippen MR) is 123 cm³/mol. The zero-order valence-electron chi connectivity index (χ0n) is 16.2. The van der Waals surface area contributed by atoms with Gasteiger partial charge in [0.25, 0.3) is 5.91 Å². The Kier molecular flexibility index (Phi) is 4.62. The number of rotatable bonds is 4. The summed E-state index contributed by atoms with van der Waals surface area (Å²) in [5.41, 5.74) is 4.73. The average Bonchev–Trinajstić information content (AvgIpc) is 3.16. The number of amides is 1. The van der Waals surface area contributed by atoms with Gasteiger partial charge in [-0.05, 0) is 35.4 Å². The molecule has 0 spiro atoms. The van der Waals surface area contributed by atoms with Crippen LogP contribution < -0.4 is 5.32 Å². The van der Waals surface area contributed by atoms with Crippen LogP contribution in [0.3, 0.4) is 0 Å². The van der Waals surface area contributed by atoms with Gasteiger partial charge in [-0.1, -0.05) is 78.9 Å². The van der Waals surface area contributed by atoms with E-state index < -0.39 is 0 Å². The number of hydrogen-bond acceptors (Lipinski definition) is 2. The van der Waals surface area contributed by atoms with Gasteiger partial charge in [-0.15, -0.1) is 0 Å². The maximum atomic E-state index is 13.2. The summed E-state index contributed by atoms with van der Waals surface area (Å²) in [4.78, 5) is 13.2. The highest BCUT2D eigenvalue weighted by Gasteiger charge is 2.14. The number of anilines is 1. The summed E-state index contributed by atoms with van der Waals surface area (Å²) in [6.45, 7) is 0. The molecular formula is C27H19NO2. The van der Waals surface area contributed by atoms with Gasteiger partial charge in [-0.2, -0.15) is 0 Å². The summed E-state index contributed by atoms with van der Waals surface area (Å²) in [5.74, 6) is -0.166. The number of furan rings is 1. The van der Waals surface area contributed by atoms with Crippen LogP contribution in [0.1, 0.15) is 11.1 Å². The highest BCUT2D eigenvalue weighted by molar-refractivity contribution is 6.29. The normalized spacial score (nSPS) is 11.7. The SMILES string of the molecule is O=C(Nc1ccc2c(c1)oc1ccccc12)/C(=C/c1ccccc1)c1ccccc1. The molecule has 0 radical (unpaired) electrons.